The molecule has 2 rings (SSSR count). The third-order valence-corrected chi connectivity index (χ3v) is 2.83. The third-order valence-electron chi connectivity index (χ3n) is 2.83. The number of hydrogen-bond acceptors (Lipinski definition) is 3. The van der Waals surface area contributed by atoms with Crippen LogP contribution < -0.4 is 4.90 Å². The van der Waals surface area contributed by atoms with Gasteiger partial charge in [-0.1, -0.05) is 30.3 Å². The van der Waals surface area contributed by atoms with Crippen LogP contribution in [-0.4, -0.2) is 12.3 Å². The molecule has 0 radical (unpaired) electrons. The van der Waals surface area contributed by atoms with Gasteiger partial charge in [-0.15, -0.1) is 0 Å². The van der Waals surface area contributed by atoms with Crippen molar-refractivity contribution >= 4 is 12.2 Å². The van der Waals surface area contributed by atoms with Crippen molar-refractivity contribution in [2.75, 3.05) is 4.90 Å². The molecule has 3 heteroatoms. The predicted octanol–water partition coefficient (Wildman–Crippen LogP) is 3.51. The van der Waals surface area contributed by atoms with E-state index in [2.05, 4.69) is 30.9 Å². The first kappa shape index (κ1) is 12.4. The van der Waals surface area contributed by atoms with Crippen molar-refractivity contribution in [3.8, 4) is 0 Å². The highest BCUT2D eigenvalue weighted by Gasteiger charge is 2.14. The fourth-order valence-electron chi connectivity index (χ4n) is 1.86. The van der Waals surface area contributed by atoms with E-state index in [1.807, 2.05) is 24.3 Å². The maximum Gasteiger partial charge on any atom is 0.196 e. The summed E-state index contributed by atoms with van der Waals surface area (Å²) in [4.78, 5) is 12.8. The Hall–Kier alpha value is -2.03. The van der Waals surface area contributed by atoms with Crippen LogP contribution in [0.2, 0.25) is 0 Å². The van der Waals surface area contributed by atoms with Crippen LogP contribution in [0.3, 0.4) is 0 Å². The van der Waals surface area contributed by atoms with E-state index in [4.69, 9.17) is 4.42 Å². The fourth-order valence-corrected chi connectivity index (χ4v) is 1.86. The summed E-state index contributed by atoms with van der Waals surface area (Å²) in [5.74, 6) is 1.10. The number of nitrogens with zero attached hydrogens (tertiary/aromatic N) is 1. The quantitative estimate of drug-likeness (QED) is 0.753. The van der Waals surface area contributed by atoms with Gasteiger partial charge in [-0.05, 0) is 25.5 Å². The zero-order valence-electron chi connectivity index (χ0n) is 10.7. The van der Waals surface area contributed by atoms with Crippen LogP contribution in [0.1, 0.15) is 30.0 Å². The third kappa shape index (κ3) is 2.80. The molecule has 0 aliphatic carbocycles. The molecule has 0 saturated heterocycles. The second-order valence-corrected chi connectivity index (χ2v) is 4.50. The van der Waals surface area contributed by atoms with Gasteiger partial charge in [-0.2, -0.15) is 0 Å². The monoisotopic (exact) mass is 243 g/mol. The van der Waals surface area contributed by atoms with Gasteiger partial charge in [0, 0.05) is 18.7 Å². The van der Waals surface area contributed by atoms with E-state index in [0.29, 0.717) is 11.8 Å². The van der Waals surface area contributed by atoms with Gasteiger partial charge in [-0.3, -0.25) is 4.79 Å². The van der Waals surface area contributed by atoms with E-state index < -0.39 is 0 Å². The molecule has 2 aromatic rings. The molecular formula is C15H17NO2. The lowest BCUT2D eigenvalue weighted by atomic mass is 10.2. The SMILES string of the molecule is CC(C)N(Cc1ccccc1)c1ccc(C=O)o1. The van der Waals surface area contributed by atoms with Gasteiger partial charge >= 0.3 is 0 Å². The molecule has 1 aromatic carbocycles. The second-order valence-electron chi connectivity index (χ2n) is 4.50. The summed E-state index contributed by atoms with van der Waals surface area (Å²) in [5.41, 5.74) is 1.22. The molecule has 0 bridgehead atoms. The number of carbonyl (C=O) groups excluding carboxylic acids is 1. The van der Waals surface area contributed by atoms with Crippen LogP contribution in [0.5, 0.6) is 0 Å². The van der Waals surface area contributed by atoms with Gasteiger partial charge < -0.3 is 9.32 Å². The smallest absolute Gasteiger partial charge is 0.196 e. The first-order valence-electron chi connectivity index (χ1n) is 6.06. The molecule has 0 saturated carbocycles. The van der Waals surface area contributed by atoms with Crippen molar-refractivity contribution in [1.29, 1.82) is 0 Å². The summed E-state index contributed by atoms with van der Waals surface area (Å²) in [6, 6.07) is 14.0. The molecule has 1 aromatic heterocycles. The highest BCUT2D eigenvalue weighted by Crippen LogP contribution is 2.22. The Bertz CT molecular complexity index is 502. The van der Waals surface area contributed by atoms with Gasteiger partial charge in [0.1, 0.15) is 0 Å². The van der Waals surface area contributed by atoms with E-state index in [9.17, 15) is 4.79 Å². The Morgan fingerprint density at radius 2 is 1.89 bits per heavy atom. The van der Waals surface area contributed by atoms with E-state index in [-0.39, 0.29) is 0 Å². The topological polar surface area (TPSA) is 33.5 Å². The molecular weight excluding hydrogens is 226 g/mol. The summed E-state index contributed by atoms with van der Waals surface area (Å²) >= 11 is 0. The summed E-state index contributed by atoms with van der Waals surface area (Å²) in [7, 11) is 0. The molecule has 3 nitrogen and oxygen atoms in total. The molecule has 0 aliphatic rings. The predicted molar refractivity (Wildman–Crippen MR) is 71.9 cm³/mol. The van der Waals surface area contributed by atoms with Crippen molar-refractivity contribution in [3.05, 3.63) is 53.8 Å². The lowest BCUT2D eigenvalue weighted by Crippen LogP contribution is -2.29. The summed E-state index contributed by atoms with van der Waals surface area (Å²) in [6.07, 6.45) is 0.727. The molecule has 0 atom stereocenters. The number of rotatable bonds is 5. The highest BCUT2D eigenvalue weighted by molar-refractivity contribution is 5.71. The van der Waals surface area contributed by atoms with Crippen LogP contribution in [0.15, 0.2) is 46.9 Å². The fraction of sp³-hybridized carbons (Fsp3) is 0.267. The van der Waals surface area contributed by atoms with Crippen LogP contribution in [0.25, 0.3) is 0 Å². The van der Waals surface area contributed by atoms with Crippen molar-refractivity contribution < 1.29 is 9.21 Å². The molecule has 0 amide bonds. The van der Waals surface area contributed by atoms with Gasteiger partial charge in [-0.25, -0.2) is 0 Å². The number of furan rings is 1. The summed E-state index contributed by atoms with van der Waals surface area (Å²) < 4.78 is 5.49. The number of hydrogen-bond donors (Lipinski definition) is 0. The van der Waals surface area contributed by atoms with E-state index in [1.165, 1.54) is 5.56 Å². The van der Waals surface area contributed by atoms with Crippen molar-refractivity contribution in [3.63, 3.8) is 0 Å². The molecule has 0 spiro atoms. The molecule has 18 heavy (non-hydrogen) atoms. The van der Waals surface area contributed by atoms with E-state index in [0.717, 1.165) is 18.7 Å². The molecule has 0 aliphatic heterocycles. The highest BCUT2D eigenvalue weighted by atomic mass is 16.4. The van der Waals surface area contributed by atoms with Gasteiger partial charge in [0.25, 0.3) is 0 Å². The molecule has 0 unspecified atom stereocenters. The first-order chi connectivity index (χ1) is 8.70. The zero-order chi connectivity index (χ0) is 13.0. The molecule has 1 heterocycles. The van der Waals surface area contributed by atoms with Crippen molar-refractivity contribution in [2.45, 2.75) is 26.4 Å². The van der Waals surface area contributed by atoms with Crippen molar-refractivity contribution in [2.24, 2.45) is 0 Å². The minimum atomic E-state index is 0.302. The molecule has 0 N–H and O–H groups in total. The van der Waals surface area contributed by atoms with Crippen LogP contribution in [0.4, 0.5) is 5.88 Å². The molecule has 0 fully saturated rings. The maximum atomic E-state index is 10.7. The standard InChI is InChI=1S/C15H17NO2/c1-12(2)16(10-13-6-4-3-5-7-13)15-9-8-14(11-17)18-15/h3-9,11-12H,10H2,1-2H3. The number of aldehydes is 1. The number of carbonyl (C=O) groups is 1. The normalized spacial score (nSPS) is 10.6. The lowest BCUT2D eigenvalue weighted by Gasteiger charge is -2.26. The van der Waals surface area contributed by atoms with E-state index in [1.54, 1.807) is 6.07 Å². The average Bonchev–Trinajstić information content (AvgIpc) is 2.85. The Labute approximate surface area is 107 Å². The minimum Gasteiger partial charge on any atom is -0.438 e. The van der Waals surface area contributed by atoms with Crippen LogP contribution >= 0.6 is 0 Å². The summed E-state index contributed by atoms with van der Waals surface area (Å²) in [6.45, 7) is 4.97. The summed E-state index contributed by atoms with van der Waals surface area (Å²) in [5, 5.41) is 0. The van der Waals surface area contributed by atoms with Gasteiger partial charge in [0.2, 0.25) is 0 Å². The molecule has 94 valence electrons. The van der Waals surface area contributed by atoms with Crippen LogP contribution in [0, 0.1) is 0 Å². The Morgan fingerprint density at radius 3 is 2.44 bits per heavy atom. The Morgan fingerprint density at radius 1 is 1.17 bits per heavy atom. The average molecular weight is 243 g/mol. The minimum absolute atomic E-state index is 0.302. The largest absolute Gasteiger partial charge is 0.438 e. The van der Waals surface area contributed by atoms with E-state index >= 15 is 0 Å². The number of benzene rings is 1. The van der Waals surface area contributed by atoms with Gasteiger partial charge in [0.15, 0.2) is 17.9 Å². The first-order valence-corrected chi connectivity index (χ1v) is 6.06. The van der Waals surface area contributed by atoms with Gasteiger partial charge in [0.05, 0.1) is 0 Å². The zero-order valence-corrected chi connectivity index (χ0v) is 10.7. The lowest BCUT2D eigenvalue weighted by molar-refractivity contribution is 0.110. The van der Waals surface area contributed by atoms with Crippen molar-refractivity contribution in [1.82, 2.24) is 0 Å². The maximum absolute atomic E-state index is 10.7. The Balaban J connectivity index is 2.21. The van der Waals surface area contributed by atoms with Crippen LogP contribution in [-0.2, 0) is 6.54 Å². The Kier molecular flexibility index (Phi) is 3.82. The second kappa shape index (κ2) is 5.54. The number of anilines is 1.